The lowest BCUT2D eigenvalue weighted by atomic mass is 9.67. The number of anilines is 3. The molecule has 10 heteroatoms. The van der Waals surface area contributed by atoms with Gasteiger partial charge in [0.15, 0.2) is 5.65 Å². The van der Waals surface area contributed by atoms with E-state index >= 15 is 0 Å². The molecule has 3 heterocycles. The smallest absolute Gasteiger partial charge is 0.355 e. The van der Waals surface area contributed by atoms with E-state index in [-0.39, 0.29) is 32.7 Å². The van der Waals surface area contributed by atoms with Crippen molar-refractivity contribution in [1.29, 1.82) is 0 Å². The number of likely N-dealkylation sites (N-methyl/N-ethyl adjacent to an activating group) is 1. The van der Waals surface area contributed by atoms with E-state index < -0.39 is 5.69 Å². The second-order valence-electron chi connectivity index (χ2n) is 9.17. The van der Waals surface area contributed by atoms with E-state index in [1.165, 1.54) is 35.0 Å². The zero-order valence-electron chi connectivity index (χ0n) is 19.1. The molecule has 1 aliphatic heterocycles. The lowest BCUT2D eigenvalue weighted by Crippen LogP contribution is -2.52. The van der Waals surface area contributed by atoms with Gasteiger partial charge in [-0.3, -0.25) is 4.90 Å². The Kier molecular flexibility index (Phi) is 5.21. The van der Waals surface area contributed by atoms with Gasteiger partial charge < -0.3 is 11.1 Å². The summed E-state index contributed by atoms with van der Waals surface area (Å²) in [6, 6.07) is 11.4. The Morgan fingerprint density at radius 2 is 1.89 bits per heavy atom. The number of nitrogens with two attached hydrogens (primary N) is 1. The zero-order valence-corrected chi connectivity index (χ0v) is 20.6. The number of benzene rings is 2. The van der Waals surface area contributed by atoms with Gasteiger partial charge in [-0.2, -0.15) is 9.97 Å². The highest BCUT2D eigenvalue weighted by molar-refractivity contribution is 6.37. The third-order valence-electron chi connectivity index (χ3n) is 7.33. The summed E-state index contributed by atoms with van der Waals surface area (Å²) < 4.78 is 1.18. The van der Waals surface area contributed by atoms with Gasteiger partial charge in [-0.25, -0.2) is 14.3 Å². The Hall–Kier alpha value is -3.20. The molecule has 178 valence electrons. The second-order valence-corrected chi connectivity index (χ2v) is 9.98. The number of nitrogens with zero attached hydrogens (tertiary/aromatic N) is 5. The molecule has 1 saturated carbocycles. The summed E-state index contributed by atoms with van der Waals surface area (Å²) in [4.78, 5) is 28.4. The van der Waals surface area contributed by atoms with Crippen molar-refractivity contribution in [2.75, 3.05) is 24.6 Å². The van der Waals surface area contributed by atoms with Crippen LogP contribution < -0.4 is 16.7 Å². The Morgan fingerprint density at radius 1 is 1.11 bits per heavy atom. The molecule has 3 N–H and O–H groups in total. The van der Waals surface area contributed by atoms with Crippen LogP contribution >= 0.6 is 23.2 Å². The molecule has 35 heavy (non-hydrogen) atoms. The summed E-state index contributed by atoms with van der Waals surface area (Å²) in [5.74, 6) is 0.453. The van der Waals surface area contributed by atoms with E-state index in [9.17, 15) is 4.79 Å². The maximum absolute atomic E-state index is 12.9. The summed E-state index contributed by atoms with van der Waals surface area (Å²) in [6.45, 7) is 1.05. The summed E-state index contributed by atoms with van der Waals surface area (Å²) in [5.41, 5.74) is 10.0. The average molecular weight is 508 g/mol. The molecule has 2 aromatic heterocycles. The van der Waals surface area contributed by atoms with Gasteiger partial charge in [0.05, 0.1) is 21.1 Å². The fraction of sp³-hybridized carbons (Fsp3) is 0.280. The van der Waals surface area contributed by atoms with Crippen LogP contribution in [0.2, 0.25) is 10.0 Å². The van der Waals surface area contributed by atoms with Crippen LogP contribution in [0.25, 0.3) is 16.7 Å². The van der Waals surface area contributed by atoms with Crippen molar-refractivity contribution < 1.29 is 0 Å². The van der Waals surface area contributed by atoms with Crippen LogP contribution in [0, 0.1) is 0 Å². The van der Waals surface area contributed by atoms with Gasteiger partial charge in [0, 0.05) is 24.0 Å². The summed E-state index contributed by atoms with van der Waals surface area (Å²) in [6.07, 6.45) is 6.24. The Bertz CT molecular complexity index is 1530. The van der Waals surface area contributed by atoms with Crippen molar-refractivity contribution in [3.63, 3.8) is 0 Å². The quantitative estimate of drug-likeness (QED) is 0.415. The molecule has 0 radical (unpaired) electrons. The van der Waals surface area contributed by atoms with Crippen LogP contribution in [0.1, 0.15) is 30.4 Å². The molecule has 6 rings (SSSR count). The minimum absolute atomic E-state index is 0.116. The largest absolute Gasteiger partial charge is 0.384 e. The van der Waals surface area contributed by atoms with Crippen LogP contribution in [-0.2, 0) is 12.0 Å². The van der Waals surface area contributed by atoms with Gasteiger partial charge in [-0.05, 0) is 68.1 Å². The van der Waals surface area contributed by atoms with Gasteiger partial charge >= 0.3 is 5.69 Å². The Labute approximate surface area is 211 Å². The molecule has 0 saturated heterocycles. The highest BCUT2D eigenvalue weighted by Crippen LogP contribution is 2.49. The van der Waals surface area contributed by atoms with E-state index in [1.54, 1.807) is 24.4 Å². The summed E-state index contributed by atoms with van der Waals surface area (Å²) in [7, 11) is 2.23. The SMILES string of the molecule is CN1CCc2cc(Nc3ncc4c(N)n(-c5c(Cl)cccc5Cl)c(=O)nc4n3)ccc2C12CCC2. The number of rotatable bonds is 3. The van der Waals surface area contributed by atoms with Gasteiger partial charge in [-0.15, -0.1) is 0 Å². The minimum Gasteiger partial charge on any atom is -0.384 e. The van der Waals surface area contributed by atoms with Crippen molar-refractivity contribution in [1.82, 2.24) is 24.4 Å². The van der Waals surface area contributed by atoms with Gasteiger partial charge in [0.1, 0.15) is 5.82 Å². The van der Waals surface area contributed by atoms with E-state index in [0.717, 1.165) is 18.7 Å². The second kappa shape index (κ2) is 8.19. The zero-order chi connectivity index (χ0) is 24.3. The lowest BCUT2D eigenvalue weighted by Gasteiger charge is -2.52. The van der Waals surface area contributed by atoms with Crippen molar-refractivity contribution in [3.05, 3.63) is 74.3 Å². The maximum atomic E-state index is 12.9. The fourth-order valence-corrected chi connectivity index (χ4v) is 5.88. The van der Waals surface area contributed by atoms with Crippen LogP contribution in [0.4, 0.5) is 17.5 Å². The molecule has 4 aromatic rings. The predicted molar refractivity (Wildman–Crippen MR) is 139 cm³/mol. The monoisotopic (exact) mass is 507 g/mol. The molecule has 8 nitrogen and oxygen atoms in total. The molecule has 1 aliphatic carbocycles. The number of nitrogen functional groups attached to an aromatic ring is 1. The van der Waals surface area contributed by atoms with Crippen molar-refractivity contribution in [3.8, 4) is 5.69 Å². The normalized spacial score (nSPS) is 16.8. The molecule has 1 spiro atoms. The Morgan fingerprint density at radius 3 is 2.60 bits per heavy atom. The number of hydrogen-bond acceptors (Lipinski definition) is 7. The molecule has 0 atom stereocenters. The first kappa shape index (κ1) is 22.3. The van der Waals surface area contributed by atoms with Crippen molar-refractivity contribution in [2.45, 2.75) is 31.2 Å². The van der Waals surface area contributed by atoms with Gasteiger partial charge in [0.25, 0.3) is 0 Å². The minimum atomic E-state index is -0.627. The van der Waals surface area contributed by atoms with Crippen molar-refractivity contribution >= 4 is 51.7 Å². The highest BCUT2D eigenvalue weighted by atomic mass is 35.5. The Balaban J connectivity index is 1.36. The average Bonchev–Trinajstić information content (AvgIpc) is 2.79. The summed E-state index contributed by atoms with van der Waals surface area (Å²) >= 11 is 12.6. The fourth-order valence-electron chi connectivity index (χ4n) is 5.31. The molecular formula is C25H23Cl2N7O. The standard InChI is InChI=1S/C25H23Cl2N7O/c1-33-11-8-14-12-15(6-7-17(14)25(33)9-3-10-25)30-23-29-13-16-21(28)34(24(35)32-22(16)31-23)20-18(26)4-2-5-19(20)27/h2,4-7,12-13H,3,8-11,28H2,1H3,(H,30,31,32,35). The molecule has 2 aromatic carbocycles. The van der Waals surface area contributed by atoms with Crippen LogP contribution in [0.5, 0.6) is 0 Å². The third-order valence-corrected chi connectivity index (χ3v) is 7.94. The summed E-state index contributed by atoms with van der Waals surface area (Å²) in [5, 5.41) is 4.25. The van der Waals surface area contributed by atoms with Crippen molar-refractivity contribution in [2.24, 2.45) is 0 Å². The predicted octanol–water partition coefficient (Wildman–Crippen LogP) is 4.68. The third kappa shape index (κ3) is 3.47. The first-order valence-electron chi connectivity index (χ1n) is 11.5. The number of fused-ring (bicyclic) bond motifs is 3. The van der Waals surface area contributed by atoms with E-state index in [0.29, 0.717) is 11.3 Å². The maximum Gasteiger partial charge on any atom is 0.355 e. The van der Waals surface area contributed by atoms with E-state index in [2.05, 4.69) is 50.4 Å². The topological polar surface area (TPSA) is 102 Å². The molecule has 0 amide bonds. The molecule has 1 fully saturated rings. The number of halogens is 2. The van der Waals surface area contributed by atoms with Crippen LogP contribution in [0.15, 0.2) is 47.4 Å². The van der Waals surface area contributed by atoms with Gasteiger partial charge in [-0.1, -0.05) is 35.3 Å². The van der Waals surface area contributed by atoms with Crippen LogP contribution in [-0.4, -0.2) is 38.0 Å². The van der Waals surface area contributed by atoms with Crippen LogP contribution in [0.3, 0.4) is 0 Å². The number of para-hydroxylation sites is 1. The van der Waals surface area contributed by atoms with E-state index in [1.807, 2.05) is 0 Å². The number of hydrogen-bond donors (Lipinski definition) is 2. The first-order valence-corrected chi connectivity index (χ1v) is 12.2. The van der Waals surface area contributed by atoms with Gasteiger partial charge in [0.2, 0.25) is 5.95 Å². The van der Waals surface area contributed by atoms with E-state index in [4.69, 9.17) is 28.9 Å². The molecular weight excluding hydrogens is 485 g/mol. The lowest BCUT2D eigenvalue weighted by molar-refractivity contribution is 0.0250. The first-order chi connectivity index (χ1) is 16.9. The highest BCUT2D eigenvalue weighted by Gasteiger charge is 2.45. The molecule has 2 aliphatic rings. The molecule has 0 unspecified atom stereocenters. The molecule has 0 bridgehead atoms. The number of aromatic nitrogens is 4. The number of nitrogens with one attached hydrogen (secondary N) is 1.